The Morgan fingerprint density at radius 2 is 1.23 bits per heavy atom. The average molecular weight is 466 g/mol. The van der Waals surface area contributed by atoms with Gasteiger partial charge in [-0.25, -0.2) is 0 Å². The Morgan fingerprint density at radius 1 is 0.867 bits per heavy atom. The molecule has 0 aromatic rings. The molecule has 30 heavy (non-hydrogen) atoms. The molecule has 5 nitrogen and oxygen atoms in total. The van der Waals surface area contributed by atoms with Crippen LogP contribution < -0.4 is 0 Å². The maximum absolute atomic E-state index is 13.6. The third kappa shape index (κ3) is 3.94. The molecule has 2 bridgehead atoms. The van der Waals surface area contributed by atoms with Gasteiger partial charge in [0.2, 0.25) is 6.31 Å². The second-order valence-corrected chi connectivity index (χ2v) is 15.9. The Bertz CT molecular complexity index is 746. The van der Waals surface area contributed by atoms with Crippen LogP contribution in [0.25, 0.3) is 0 Å². The molecule has 2 fully saturated rings. The molecule has 3 heterocycles. The first-order chi connectivity index (χ1) is 13.5. The lowest BCUT2D eigenvalue weighted by Crippen LogP contribution is -2.79. The minimum atomic E-state index is -5.77. The minimum absolute atomic E-state index is 0.183. The first kappa shape index (κ1) is 24.0. The highest BCUT2D eigenvalue weighted by atomic mass is 32.2. The Kier molecular flexibility index (Phi) is 5.94. The lowest BCUT2D eigenvalue weighted by Gasteiger charge is -2.57. The normalized spacial score (nSPS) is 27.7. The molecule has 3 aliphatic heterocycles. The van der Waals surface area contributed by atoms with Gasteiger partial charge in [0.1, 0.15) is 0 Å². The Labute approximate surface area is 180 Å². The van der Waals surface area contributed by atoms with Gasteiger partial charge in [-0.1, -0.05) is 50.2 Å². The van der Waals surface area contributed by atoms with Crippen molar-refractivity contribution >= 4 is 24.9 Å². The first-order valence-corrected chi connectivity index (χ1v) is 14.1. The van der Waals surface area contributed by atoms with Gasteiger partial charge in [0.25, 0.3) is 0 Å². The van der Waals surface area contributed by atoms with Crippen molar-refractivity contribution in [1.82, 2.24) is 9.13 Å². The largest absolute Gasteiger partial charge is 0.522 e. The van der Waals surface area contributed by atoms with E-state index in [0.717, 1.165) is 38.5 Å². The SMILES string of the molecule is CC(C)(C)N1C=CN(C(C)(C)C)[Si]1(OS(=O)(=O)C(F)(F)F)B1C2CCCC1CCC2. The number of fused-ring (bicyclic) bond motifs is 2. The summed E-state index contributed by atoms with van der Waals surface area (Å²) in [6.45, 7) is 11.5. The molecule has 3 rings (SSSR count). The van der Waals surface area contributed by atoms with Crippen molar-refractivity contribution in [3.63, 3.8) is 0 Å². The summed E-state index contributed by atoms with van der Waals surface area (Å²) in [6.07, 6.45) is 9.10. The Morgan fingerprint density at radius 3 is 1.53 bits per heavy atom. The number of alkyl halides is 3. The second kappa shape index (κ2) is 7.44. The van der Waals surface area contributed by atoms with E-state index in [1.54, 1.807) is 12.4 Å². The molecule has 0 N–H and O–H groups in total. The number of hydrogen-bond donors (Lipinski definition) is 0. The molecule has 11 heteroatoms. The summed E-state index contributed by atoms with van der Waals surface area (Å²) >= 11 is 0. The van der Waals surface area contributed by atoms with Gasteiger partial charge in [0, 0.05) is 23.5 Å². The van der Waals surface area contributed by atoms with Crippen molar-refractivity contribution in [3.05, 3.63) is 12.4 Å². The Balaban J connectivity index is 2.27. The first-order valence-electron chi connectivity index (χ1n) is 10.8. The van der Waals surface area contributed by atoms with E-state index in [0.29, 0.717) is 0 Å². The van der Waals surface area contributed by atoms with E-state index in [2.05, 4.69) is 0 Å². The van der Waals surface area contributed by atoms with E-state index < -0.39 is 35.2 Å². The highest BCUT2D eigenvalue weighted by Crippen LogP contribution is 2.54. The van der Waals surface area contributed by atoms with Gasteiger partial charge < -0.3 is 9.13 Å². The van der Waals surface area contributed by atoms with Gasteiger partial charge >= 0.3 is 24.1 Å². The summed E-state index contributed by atoms with van der Waals surface area (Å²) < 4.78 is 75.2. The minimum Gasteiger partial charge on any atom is -0.365 e. The average Bonchev–Trinajstić information content (AvgIpc) is 2.92. The molecule has 172 valence electrons. The summed E-state index contributed by atoms with van der Waals surface area (Å²) in [5.41, 5.74) is -6.63. The van der Waals surface area contributed by atoms with Crippen LogP contribution in [0.15, 0.2) is 12.4 Å². The van der Waals surface area contributed by atoms with Crippen LogP contribution in [-0.2, 0) is 14.0 Å². The van der Waals surface area contributed by atoms with Crippen molar-refractivity contribution < 1.29 is 25.5 Å². The van der Waals surface area contributed by atoms with E-state index in [9.17, 15) is 21.6 Å². The molecule has 0 saturated carbocycles. The quantitative estimate of drug-likeness (QED) is 0.425. The maximum atomic E-state index is 13.6. The number of rotatable bonds is 3. The lowest BCUT2D eigenvalue weighted by atomic mass is 9.42. The smallest absolute Gasteiger partial charge is 0.365 e. The van der Waals surface area contributed by atoms with Crippen LogP contribution in [0.4, 0.5) is 13.2 Å². The van der Waals surface area contributed by atoms with Crippen LogP contribution in [0.3, 0.4) is 0 Å². The summed E-state index contributed by atoms with van der Waals surface area (Å²) in [6, 6.07) is 0. The van der Waals surface area contributed by atoms with Crippen LogP contribution in [0.2, 0.25) is 11.6 Å². The third-order valence-corrected chi connectivity index (χ3v) is 14.0. The van der Waals surface area contributed by atoms with E-state index in [1.807, 2.05) is 50.7 Å². The van der Waals surface area contributed by atoms with Gasteiger partial charge in [-0.2, -0.15) is 21.6 Å². The molecule has 0 aromatic heterocycles. The van der Waals surface area contributed by atoms with E-state index in [4.69, 9.17) is 3.87 Å². The van der Waals surface area contributed by atoms with Gasteiger partial charge in [0.05, 0.1) is 0 Å². The number of halogens is 3. The summed E-state index contributed by atoms with van der Waals surface area (Å²) in [4.78, 5) is 0. The topological polar surface area (TPSA) is 49.9 Å². The molecule has 0 spiro atoms. The number of hydrogen-bond acceptors (Lipinski definition) is 5. The second-order valence-electron chi connectivity index (χ2n) is 10.9. The summed E-state index contributed by atoms with van der Waals surface area (Å²) in [7, 11) is -9.62. The molecule has 3 aliphatic rings. The van der Waals surface area contributed by atoms with Crippen LogP contribution in [0.1, 0.15) is 80.1 Å². The van der Waals surface area contributed by atoms with Crippen molar-refractivity contribution in [2.24, 2.45) is 0 Å². The zero-order valence-corrected chi connectivity index (χ0v) is 20.6. The van der Waals surface area contributed by atoms with E-state index >= 15 is 0 Å². The van der Waals surface area contributed by atoms with Gasteiger partial charge in [-0.05, 0) is 41.5 Å². The third-order valence-electron chi connectivity index (χ3n) is 6.77. The fraction of sp³-hybridized carbons (Fsp3) is 0.895. The molecule has 0 amide bonds. The predicted octanol–water partition coefficient (Wildman–Crippen LogP) is 5.16. The van der Waals surface area contributed by atoms with Crippen molar-refractivity contribution in [2.75, 3.05) is 0 Å². The van der Waals surface area contributed by atoms with Crippen LogP contribution in [0, 0.1) is 0 Å². The summed E-state index contributed by atoms with van der Waals surface area (Å²) in [5, 5.41) is 0. The van der Waals surface area contributed by atoms with Crippen molar-refractivity contribution in [3.8, 4) is 0 Å². The molecule has 0 aromatic carbocycles. The van der Waals surface area contributed by atoms with Gasteiger partial charge in [-0.3, -0.25) is 3.87 Å². The molecule has 0 aliphatic carbocycles. The van der Waals surface area contributed by atoms with Crippen LogP contribution >= 0.6 is 0 Å². The lowest BCUT2D eigenvalue weighted by molar-refractivity contribution is -0.0512. The summed E-state index contributed by atoms with van der Waals surface area (Å²) in [5.74, 6) is 0.365. The van der Waals surface area contributed by atoms with Crippen molar-refractivity contribution in [2.45, 2.75) is 108 Å². The van der Waals surface area contributed by atoms with Gasteiger partial charge in [-0.15, -0.1) is 0 Å². The van der Waals surface area contributed by atoms with Crippen molar-refractivity contribution in [1.29, 1.82) is 0 Å². The molecule has 2 saturated heterocycles. The zero-order chi connectivity index (χ0) is 22.8. The molecular weight excluding hydrogens is 432 g/mol. The predicted molar refractivity (Wildman–Crippen MR) is 115 cm³/mol. The van der Waals surface area contributed by atoms with Gasteiger partial charge in [0.15, 0.2) is 0 Å². The van der Waals surface area contributed by atoms with Crippen LogP contribution in [-0.4, -0.2) is 49.0 Å². The number of nitrogens with zero attached hydrogens (tertiary/aromatic N) is 2. The maximum Gasteiger partial charge on any atom is 0.522 e. The monoisotopic (exact) mass is 466 g/mol. The fourth-order valence-corrected chi connectivity index (χ4v) is 13.8. The van der Waals surface area contributed by atoms with E-state index in [1.165, 1.54) is 0 Å². The highest BCUT2D eigenvalue weighted by molar-refractivity contribution is 7.89. The molecule has 0 radical (unpaired) electrons. The Hall–Kier alpha value is -0.678. The molecular formula is C19H34BF3N2O3SSi. The van der Waals surface area contributed by atoms with E-state index in [-0.39, 0.29) is 17.9 Å². The standard InChI is InChI=1S/C19H34BF3N2O3SSi/c1-17(2,3)24-13-14-25(18(4,5)6)30(24,28-29(26,27)19(21,22)23)20-15-9-7-10-16(20)12-8-11-15/h13-16H,7-12H2,1-6H3. The molecule has 0 atom stereocenters. The molecule has 0 unspecified atom stereocenters. The highest BCUT2D eigenvalue weighted by Gasteiger charge is 2.70. The fourth-order valence-electron chi connectivity index (χ4n) is 5.83. The zero-order valence-electron chi connectivity index (χ0n) is 18.8. The van der Waals surface area contributed by atoms with Crippen LogP contribution in [0.5, 0.6) is 0 Å².